The zero-order chi connectivity index (χ0) is 14.6. The van der Waals surface area contributed by atoms with Gasteiger partial charge in [-0.25, -0.2) is 4.98 Å². The maximum absolute atomic E-state index is 12.5. The molecule has 0 radical (unpaired) electrons. The van der Waals surface area contributed by atoms with Gasteiger partial charge in [-0.2, -0.15) is 13.2 Å². The fraction of sp³-hybridized carbons (Fsp3) is 0.357. The van der Waals surface area contributed by atoms with Crippen LogP contribution in [0.1, 0.15) is 24.6 Å². The van der Waals surface area contributed by atoms with Crippen molar-refractivity contribution >= 4 is 11.3 Å². The van der Waals surface area contributed by atoms with Crippen LogP contribution in [-0.2, 0) is 12.7 Å². The van der Waals surface area contributed by atoms with Crippen molar-refractivity contribution in [1.29, 1.82) is 0 Å². The molecule has 1 heterocycles. The second-order valence-corrected chi connectivity index (χ2v) is 5.25. The number of hydrogen-bond donors (Lipinski definition) is 1. The number of nitrogens with one attached hydrogen (secondary N) is 1. The van der Waals surface area contributed by atoms with Crippen LogP contribution in [0.25, 0.3) is 10.6 Å². The summed E-state index contributed by atoms with van der Waals surface area (Å²) < 4.78 is 37.4. The SMILES string of the molecule is CCCNCc1csc(-c2ccc(C(F)(F)F)cc2)n1. The van der Waals surface area contributed by atoms with Crippen LogP contribution in [0.15, 0.2) is 29.6 Å². The van der Waals surface area contributed by atoms with E-state index in [-0.39, 0.29) is 0 Å². The predicted octanol–water partition coefficient (Wildman–Crippen LogP) is 4.33. The summed E-state index contributed by atoms with van der Waals surface area (Å²) in [6.45, 7) is 3.69. The lowest BCUT2D eigenvalue weighted by Crippen LogP contribution is -2.13. The topological polar surface area (TPSA) is 24.9 Å². The summed E-state index contributed by atoms with van der Waals surface area (Å²) in [6, 6.07) is 5.10. The maximum Gasteiger partial charge on any atom is 0.416 e. The fourth-order valence-electron chi connectivity index (χ4n) is 1.72. The fourth-order valence-corrected chi connectivity index (χ4v) is 2.54. The molecule has 20 heavy (non-hydrogen) atoms. The van der Waals surface area contributed by atoms with Gasteiger partial charge in [-0.15, -0.1) is 11.3 Å². The summed E-state index contributed by atoms with van der Waals surface area (Å²) in [5.41, 5.74) is 0.991. The van der Waals surface area contributed by atoms with Crippen molar-refractivity contribution in [2.24, 2.45) is 0 Å². The first-order chi connectivity index (χ1) is 9.50. The van der Waals surface area contributed by atoms with Crippen molar-refractivity contribution < 1.29 is 13.2 Å². The van der Waals surface area contributed by atoms with E-state index in [4.69, 9.17) is 0 Å². The number of rotatable bonds is 5. The third-order valence-electron chi connectivity index (χ3n) is 2.74. The molecule has 0 amide bonds. The molecule has 0 aliphatic heterocycles. The molecule has 1 aromatic heterocycles. The van der Waals surface area contributed by atoms with Gasteiger partial charge in [-0.05, 0) is 25.1 Å². The monoisotopic (exact) mass is 300 g/mol. The highest BCUT2D eigenvalue weighted by atomic mass is 32.1. The van der Waals surface area contributed by atoms with Crippen LogP contribution < -0.4 is 5.32 Å². The number of aromatic nitrogens is 1. The Hall–Kier alpha value is -1.40. The molecule has 0 fully saturated rings. The van der Waals surface area contributed by atoms with E-state index in [9.17, 15) is 13.2 Å². The Kier molecular flexibility index (Phi) is 4.77. The largest absolute Gasteiger partial charge is 0.416 e. The van der Waals surface area contributed by atoms with Gasteiger partial charge < -0.3 is 5.32 Å². The highest BCUT2D eigenvalue weighted by molar-refractivity contribution is 7.13. The van der Waals surface area contributed by atoms with Crippen LogP contribution in [0.5, 0.6) is 0 Å². The molecule has 0 aliphatic carbocycles. The van der Waals surface area contributed by atoms with Crippen molar-refractivity contribution in [3.05, 3.63) is 40.9 Å². The number of alkyl halides is 3. The molecule has 2 nitrogen and oxygen atoms in total. The van der Waals surface area contributed by atoms with E-state index in [2.05, 4.69) is 17.2 Å². The third kappa shape index (κ3) is 3.80. The minimum atomic E-state index is -4.29. The molecule has 2 aromatic rings. The first-order valence-corrected chi connectivity index (χ1v) is 7.21. The molecule has 1 N–H and O–H groups in total. The van der Waals surface area contributed by atoms with Crippen molar-refractivity contribution in [2.75, 3.05) is 6.54 Å². The average molecular weight is 300 g/mol. The van der Waals surface area contributed by atoms with E-state index in [1.807, 2.05) is 5.38 Å². The van der Waals surface area contributed by atoms with Crippen molar-refractivity contribution in [2.45, 2.75) is 26.1 Å². The quantitative estimate of drug-likeness (QED) is 0.831. The summed E-state index contributed by atoms with van der Waals surface area (Å²) in [5, 5.41) is 5.91. The van der Waals surface area contributed by atoms with Crippen LogP contribution in [-0.4, -0.2) is 11.5 Å². The number of thiazole rings is 1. The van der Waals surface area contributed by atoms with Crippen molar-refractivity contribution in [1.82, 2.24) is 10.3 Å². The van der Waals surface area contributed by atoms with E-state index in [1.54, 1.807) is 0 Å². The van der Waals surface area contributed by atoms with Crippen LogP contribution in [0.4, 0.5) is 13.2 Å². The first kappa shape index (κ1) is 15.0. The van der Waals surface area contributed by atoms with Gasteiger partial charge in [0.05, 0.1) is 11.3 Å². The Balaban J connectivity index is 2.08. The second-order valence-electron chi connectivity index (χ2n) is 4.40. The van der Waals surface area contributed by atoms with E-state index in [1.165, 1.54) is 23.5 Å². The molecule has 0 bridgehead atoms. The highest BCUT2D eigenvalue weighted by Crippen LogP contribution is 2.31. The molecule has 6 heteroatoms. The van der Waals surface area contributed by atoms with Crippen molar-refractivity contribution in [3.63, 3.8) is 0 Å². The summed E-state index contributed by atoms with van der Waals surface area (Å²) in [7, 11) is 0. The standard InChI is InChI=1S/C14H15F3N2S/c1-2-7-18-8-12-9-20-13(19-12)10-3-5-11(6-4-10)14(15,16)17/h3-6,9,18H,2,7-8H2,1H3. The number of halogens is 3. The minimum Gasteiger partial charge on any atom is -0.311 e. The molecule has 0 aliphatic rings. The van der Waals surface area contributed by atoms with Crippen LogP contribution >= 0.6 is 11.3 Å². The maximum atomic E-state index is 12.5. The molecule has 0 spiro atoms. The molecule has 2 rings (SSSR count). The Labute approximate surface area is 119 Å². The van der Waals surface area contributed by atoms with Crippen molar-refractivity contribution in [3.8, 4) is 10.6 Å². The zero-order valence-electron chi connectivity index (χ0n) is 11.0. The van der Waals surface area contributed by atoms with Gasteiger partial charge in [0.2, 0.25) is 0 Å². The Bertz CT molecular complexity index is 546. The Morgan fingerprint density at radius 2 is 1.90 bits per heavy atom. The molecule has 0 unspecified atom stereocenters. The molecular formula is C14H15F3N2S. The number of hydrogen-bond acceptors (Lipinski definition) is 3. The minimum absolute atomic E-state index is 0.636. The molecule has 0 saturated carbocycles. The lowest BCUT2D eigenvalue weighted by molar-refractivity contribution is -0.137. The predicted molar refractivity (Wildman–Crippen MR) is 74.5 cm³/mol. The van der Waals surface area contributed by atoms with E-state index in [0.29, 0.717) is 12.1 Å². The number of nitrogens with zero attached hydrogens (tertiary/aromatic N) is 1. The lowest BCUT2D eigenvalue weighted by Gasteiger charge is -2.06. The smallest absolute Gasteiger partial charge is 0.311 e. The summed E-state index contributed by atoms with van der Waals surface area (Å²) in [5.74, 6) is 0. The Morgan fingerprint density at radius 3 is 2.50 bits per heavy atom. The molecule has 0 saturated heterocycles. The summed E-state index contributed by atoms with van der Waals surface area (Å²) >= 11 is 1.44. The summed E-state index contributed by atoms with van der Waals surface area (Å²) in [6.07, 6.45) is -3.24. The van der Waals surface area contributed by atoms with Gasteiger partial charge in [0.25, 0.3) is 0 Å². The summed E-state index contributed by atoms with van der Waals surface area (Å²) in [4.78, 5) is 4.42. The first-order valence-electron chi connectivity index (χ1n) is 6.33. The van der Waals surface area contributed by atoms with E-state index < -0.39 is 11.7 Å². The van der Waals surface area contributed by atoms with Crippen LogP contribution in [0.2, 0.25) is 0 Å². The second kappa shape index (κ2) is 6.37. The average Bonchev–Trinajstić information content (AvgIpc) is 2.87. The van der Waals surface area contributed by atoms with Gasteiger partial charge in [-0.1, -0.05) is 19.1 Å². The van der Waals surface area contributed by atoms with Gasteiger partial charge in [0.15, 0.2) is 0 Å². The normalized spacial score (nSPS) is 11.8. The Morgan fingerprint density at radius 1 is 1.20 bits per heavy atom. The van der Waals surface area contributed by atoms with Gasteiger partial charge >= 0.3 is 6.18 Å². The van der Waals surface area contributed by atoms with Crippen LogP contribution in [0.3, 0.4) is 0 Å². The molecule has 108 valence electrons. The highest BCUT2D eigenvalue weighted by Gasteiger charge is 2.30. The van der Waals surface area contributed by atoms with E-state index >= 15 is 0 Å². The molecule has 1 aromatic carbocycles. The van der Waals surface area contributed by atoms with Gasteiger partial charge in [-0.3, -0.25) is 0 Å². The number of benzene rings is 1. The van der Waals surface area contributed by atoms with E-state index in [0.717, 1.165) is 35.8 Å². The van der Waals surface area contributed by atoms with Gasteiger partial charge in [0.1, 0.15) is 5.01 Å². The van der Waals surface area contributed by atoms with Gasteiger partial charge in [0, 0.05) is 17.5 Å². The van der Waals surface area contributed by atoms with Crippen LogP contribution in [0, 0.1) is 0 Å². The molecular weight excluding hydrogens is 285 g/mol. The third-order valence-corrected chi connectivity index (χ3v) is 3.68. The molecule has 0 atom stereocenters. The lowest BCUT2D eigenvalue weighted by atomic mass is 10.1. The zero-order valence-corrected chi connectivity index (χ0v) is 11.8.